The number of rotatable bonds is 2. The average Bonchev–Trinajstić information content (AvgIpc) is 2.72. The predicted molar refractivity (Wildman–Crippen MR) is 63.5 cm³/mol. The molecule has 0 bridgehead atoms. The van der Waals surface area contributed by atoms with Gasteiger partial charge in [0.2, 0.25) is 0 Å². The van der Waals surface area contributed by atoms with E-state index in [0.29, 0.717) is 10.2 Å². The molecule has 1 aromatic carbocycles. The number of halogens is 3. The maximum Gasteiger partial charge on any atom is 0.174 e. The van der Waals surface area contributed by atoms with E-state index in [4.69, 9.17) is 10.2 Å². The Labute approximate surface area is 106 Å². The molecule has 90 valence electrons. The molecule has 1 atom stereocenters. The lowest BCUT2D eigenvalue weighted by atomic mass is 10.00. The van der Waals surface area contributed by atoms with Crippen molar-refractivity contribution in [2.45, 2.75) is 13.0 Å². The molecular formula is C12H10BrF2NO. The Kier molecular flexibility index (Phi) is 3.31. The molecule has 0 spiro atoms. The van der Waals surface area contributed by atoms with Gasteiger partial charge in [-0.25, -0.2) is 8.78 Å². The average molecular weight is 302 g/mol. The van der Waals surface area contributed by atoms with E-state index >= 15 is 0 Å². The van der Waals surface area contributed by atoms with Crippen LogP contribution < -0.4 is 5.73 Å². The molecule has 2 N–H and O–H groups in total. The molecule has 0 saturated heterocycles. The third-order valence-electron chi connectivity index (χ3n) is 2.62. The van der Waals surface area contributed by atoms with Crippen LogP contribution in [-0.2, 0) is 0 Å². The summed E-state index contributed by atoms with van der Waals surface area (Å²) in [5.74, 6) is -1.77. The zero-order valence-corrected chi connectivity index (χ0v) is 10.6. The van der Waals surface area contributed by atoms with Crippen molar-refractivity contribution in [3.05, 3.63) is 57.5 Å². The van der Waals surface area contributed by atoms with Crippen LogP contribution in [0.5, 0.6) is 0 Å². The van der Waals surface area contributed by atoms with Gasteiger partial charge in [0, 0.05) is 11.1 Å². The van der Waals surface area contributed by atoms with Crippen LogP contribution in [0.2, 0.25) is 0 Å². The summed E-state index contributed by atoms with van der Waals surface area (Å²) in [7, 11) is 0. The Bertz CT molecular complexity index is 553. The molecule has 17 heavy (non-hydrogen) atoms. The van der Waals surface area contributed by atoms with Gasteiger partial charge in [-0.15, -0.1) is 0 Å². The van der Waals surface area contributed by atoms with E-state index in [2.05, 4.69) is 15.9 Å². The van der Waals surface area contributed by atoms with Crippen LogP contribution >= 0.6 is 15.9 Å². The van der Waals surface area contributed by atoms with Gasteiger partial charge in [-0.1, -0.05) is 12.1 Å². The molecule has 0 aliphatic heterocycles. The highest BCUT2D eigenvalue weighted by molar-refractivity contribution is 9.10. The highest BCUT2D eigenvalue weighted by Gasteiger charge is 2.20. The first-order chi connectivity index (χ1) is 8.02. The first kappa shape index (κ1) is 12.3. The molecule has 2 aromatic rings. The summed E-state index contributed by atoms with van der Waals surface area (Å²) in [6.07, 6.45) is 1.43. The molecule has 2 rings (SSSR count). The molecule has 5 heteroatoms. The molecule has 0 amide bonds. The van der Waals surface area contributed by atoms with Crippen LogP contribution in [0.4, 0.5) is 8.78 Å². The first-order valence-corrected chi connectivity index (χ1v) is 5.74. The highest BCUT2D eigenvalue weighted by atomic mass is 79.9. The minimum absolute atomic E-state index is 0.107. The van der Waals surface area contributed by atoms with E-state index in [0.717, 1.165) is 0 Å². The van der Waals surface area contributed by atoms with Crippen molar-refractivity contribution in [2.75, 3.05) is 0 Å². The lowest BCUT2D eigenvalue weighted by molar-refractivity contribution is 0.487. The van der Waals surface area contributed by atoms with Crippen molar-refractivity contribution in [2.24, 2.45) is 5.73 Å². The smallest absolute Gasteiger partial charge is 0.174 e. The second-order valence-electron chi connectivity index (χ2n) is 3.73. The molecule has 1 heterocycles. The van der Waals surface area contributed by atoms with Crippen LogP contribution in [0.15, 0.2) is 33.5 Å². The molecule has 0 fully saturated rings. The fourth-order valence-corrected chi connectivity index (χ4v) is 2.08. The first-order valence-electron chi connectivity index (χ1n) is 4.95. The highest BCUT2D eigenvalue weighted by Crippen LogP contribution is 2.30. The van der Waals surface area contributed by atoms with E-state index in [-0.39, 0.29) is 11.1 Å². The second-order valence-corrected chi connectivity index (χ2v) is 4.45. The van der Waals surface area contributed by atoms with Gasteiger partial charge in [0.1, 0.15) is 0 Å². The van der Waals surface area contributed by atoms with Crippen molar-refractivity contribution in [3.63, 3.8) is 0 Å². The van der Waals surface area contributed by atoms with Gasteiger partial charge in [-0.2, -0.15) is 0 Å². The maximum atomic E-state index is 13.7. The van der Waals surface area contributed by atoms with Gasteiger partial charge in [0.05, 0.1) is 12.3 Å². The molecule has 1 aromatic heterocycles. The number of nitrogens with two attached hydrogens (primary N) is 1. The van der Waals surface area contributed by atoms with Gasteiger partial charge in [0.25, 0.3) is 0 Å². The summed E-state index contributed by atoms with van der Waals surface area (Å²) in [6.45, 7) is 1.50. The van der Waals surface area contributed by atoms with Crippen molar-refractivity contribution in [3.8, 4) is 0 Å². The molecule has 0 aliphatic carbocycles. The Morgan fingerprint density at radius 1 is 1.18 bits per heavy atom. The van der Waals surface area contributed by atoms with Crippen LogP contribution in [0.3, 0.4) is 0 Å². The molecular weight excluding hydrogens is 292 g/mol. The van der Waals surface area contributed by atoms with E-state index in [1.165, 1.54) is 25.3 Å². The minimum atomic E-state index is -0.911. The normalized spacial score (nSPS) is 12.8. The number of hydrogen-bond acceptors (Lipinski definition) is 2. The number of benzene rings is 1. The summed E-state index contributed by atoms with van der Waals surface area (Å²) in [5.41, 5.74) is 6.82. The maximum absolute atomic E-state index is 13.7. The molecule has 1 unspecified atom stereocenters. The Hall–Kier alpha value is -1.20. The van der Waals surface area contributed by atoms with Gasteiger partial charge >= 0.3 is 0 Å². The van der Waals surface area contributed by atoms with Gasteiger partial charge in [0.15, 0.2) is 16.3 Å². The van der Waals surface area contributed by atoms with Crippen molar-refractivity contribution >= 4 is 15.9 Å². The molecule has 2 nitrogen and oxygen atoms in total. The molecule has 0 radical (unpaired) electrons. The SMILES string of the molecule is Cc1ccc(C(N)c2ccoc2Br)c(F)c1F. The third-order valence-corrected chi connectivity index (χ3v) is 3.27. The van der Waals surface area contributed by atoms with E-state index in [1.807, 2.05) is 0 Å². The van der Waals surface area contributed by atoms with Crippen LogP contribution in [0, 0.1) is 18.6 Å². The Balaban J connectivity index is 2.48. The summed E-state index contributed by atoms with van der Waals surface area (Å²) in [6, 6.07) is 3.84. The monoisotopic (exact) mass is 301 g/mol. The zero-order valence-electron chi connectivity index (χ0n) is 9.01. The van der Waals surface area contributed by atoms with Crippen molar-refractivity contribution in [1.82, 2.24) is 0 Å². The number of furan rings is 1. The van der Waals surface area contributed by atoms with Crippen LogP contribution in [-0.4, -0.2) is 0 Å². The van der Waals surface area contributed by atoms with Crippen LogP contribution in [0.1, 0.15) is 22.7 Å². The predicted octanol–water partition coefficient (Wildman–Crippen LogP) is 3.68. The quantitative estimate of drug-likeness (QED) is 0.919. The Morgan fingerprint density at radius 3 is 2.47 bits per heavy atom. The molecule has 0 saturated carbocycles. The van der Waals surface area contributed by atoms with Crippen LogP contribution in [0.25, 0.3) is 0 Å². The Morgan fingerprint density at radius 2 is 1.88 bits per heavy atom. The zero-order chi connectivity index (χ0) is 12.6. The lowest BCUT2D eigenvalue weighted by Crippen LogP contribution is -2.14. The van der Waals surface area contributed by atoms with Gasteiger partial charge in [-0.05, 0) is 34.5 Å². The topological polar surface area (TPSA) is 39.2 Å². The third kappa shape index (κ3) is 2.12. The minimum Gasteiger partial charge on any atom is -0.457 e. The van der Waals surface area contributed by atoms with E-state index in [9.17, 15) is 8.78 Å². The van der Waals surface area contributed by atoms with Gasteiger partial charge in [-0.3, -0.25) is 0 Å². The molecule has 0 aliphatic rings. The van der Waals surface area contributed by atoms with E-state index in [1.54, 1.807) is 6.07 Å². The number of hydrogen-bond donors (Lipinski definition) is 1. The summed E-state index contributed by atoms with van der Waals surface area (Å²) in [4.78, 5) is 0. The van der Waals surface area contributed by atoms with Crippen molar-refractivity contribution < 1.29 is 13.2 Å². The lowest BCUT2D eigenvalue weighted by Gasteiger charge is -2.13. The number of aryl methyl sites for hydroxylation is 1. The fraction of sp³-hybridized carbons (Fsp3) is 0.167. The second kappa shape index (κ2) is 4.58. The van der Waals surface area contributed by atoms with E-state index < -0.39 is 17.7 Å². The fourth-order valence-electron chi connectivity index (χ4n) is 1.60. The largest absolute Gasteiger partial charge is 0.457 e. The summed E-state index contributed by atoms with van der Waals surface area (Å²) < 4.78 is 32.6. The standard InChI is InChI=1S/C12H10BrF2NO/c1-6-2-3-7(10(15)9(6)14)11(16)8-4-5-17-12(8)13/h2-5,11H,16H2,1H3. The van der Waals surface area contributed by atoms with Gasteiger partial charge < -0.3 is 10.2 Å². The summed E-state index contributed by atoms with van der Waals surface area (Å²) in [5, 5.41) is 0. The summed E-state index contributed by atoms with van der Waals surface area (Å²) >= 11 is 3.16. The van der Waals surface area contributed by atoms with Crippen molar-refractivity contribution in [1.29, 1.82) is 0 Å².